The molecule has 1 aliphatic heterocycles. The lowest BCUT2D eigenvalue weighted by atomic mass is 9.73. The van der Waals surface area contributed by atoms with Gasteiger partial charge in [0.2, 0.25) is 5.88 Å². The number of methoxy groups -OCH3 is 1. The first-order chi connectivity index (χ1) is 15.0. The Hall–Kier alpha value is -3.54. The SMILES string of the molecule is CCOC(=O)C1=C(N)OC2=C(C(=O)C[C@@H](c3ccccc3)C2)[C@H]1c1ccccc1OC. The molecule has 0 spiro atoms. The van der Waals surface area contributed by atoms with E-state index in [2.05, 4.69) is 0 Å². The molecule has 1 heterocycles. The number of rotatable bonds is 5. The van der Waals surface area contributed by atoms with E-state index < -0.39 is 11.9 Å². The van der Waals surface area contributed by atoms with E-state index in [0.717, 1.165) is 5.56 Å². The highest BCUT2D eigenvalue weighted by atomic mass is 16.5. The lowest BCUT2D eigenvalue weighted by Gasteiger charge is -2.35. The van der Waals surface area contributed by atoms with Gasteiger partial charge in [0.1, 0.15) is 17.1 Å². The molecule has 0 amide bonds. The Kier molecular flexibility index (Phi) is 5.80. The number of esters is 1. The minimum Gasteiger partial charge on any atom is -0.496 e. The number of ether oxygens (including phenoxy) is 3. The van der Waals surface area contributed by atoms with E-state index in [1.807, 2.05) is 48.5 Å². The molecule has 0 bridgehead atoms. The molecule has 31 heavy (non-hydrogen) atoms. The van der Waals surface area contributed by atoms with Gasteiger partial charge in [0.25, 0.3) is 0 Å². The second-order valence-electron chi connectivity index (χ2n) is 7.55. The molecule has 2 atom stereocenters. The lowest BCUT2D eigenvalue weighted by Crippen LogP contribution is -2.33. The predicted molar refractivity (Wildman–Crippen MR) is 115 cm³/mol. The van der Waals surface area contributed by atoms with Gasteiger partial charge in [0.15, 0.2) is 5.78 Å². The summed E-state index contributed by atoms with van der Waals surface area (Å²) in [5.74, 6) is -0.346. The van der Waals surface area contributed by atoms with Crippen LogP contribution in [0.3, 0.4) is 0 Å². The van der Waals surface area contributed by atoms with E-state index in [-0.39, 0.29) is 29.8 Å². The number of allylic oxidation sites excluding steroid dienone is 2. The van der Waals surface area contributed by atoms with Gasteiger partial charge in [0.05, 0.1) is 19.6 Å². The van der Waals surface area contributed by atoms with Crippen LogP contribution in [0.15, 0.2) is 77.4 Å². The monoisotopic (exact) mass is 419 g/mol. The second kappa shape index (κ2) is 8.68. The van der Waals surface area contributed by atoms with Crippen molar-refractivity contribution in [2.45, 2.75) is 31.6 Å². The summed E-state index contributed by atoms with van der Waals surface area (Å²) in [4.78, 5) is 26.3. The van der Waals surface area contributed by atoms with E-state index in [1.54, 1.807) is 20.1 Å². The van der Waals surface area contributed by atoms with Crippen molar-refractivity contribution in [1.82, 2.24) is 0 Å². The zero-order chi connectivity index (χ0) is 22.0. The van der Waals surface area contributed by atoms with Crippen LogP contribution in [0, 0.1) is 0 Å². The van der Waals surface area contributed by atoms with Crippen LogP contribution in [0.25, 0.3) is 0 Å². The van der Waals surface area contributed by atoms with Crippen LogP contribution >= 0.6 is 0 Å². The third-order valence-electron chi connectivity index (χ3n) is 5.76. The summed E-state index contributed by atoms with van der Waals surface area (Å²) in [6.45, 7) is 1.90. The van der Waals surface area contributed by atoms with Gasteiger partial charge in [-0.2, -0.15) is 0 Å². The molecule has 0 radical (unpaired) electrons. The number of carbonyl (C=O) groups is 2. The van der Waals surface area contributed by atoms with Gasteiger partial charge in [0, 0.05) is 24.0 Å². The summed E-state index contributed by atoms with van der Waals surface area (Å²) in [6.07, 6.45) is 0.849. The molecule has 2 aromatic rings. The zero-order valence-electron chi connectivity index (χ0n) is 17.6. The molecular weight excluding hydrogens is 394 g/mol. The maximum absolute atomic E-state index is 13.4. The quantitative estimate of drug-likeness (QED) is 0.739. The van der Waals surface area contributed by atoms with Gasteiger partial charge < -0.3 is 19.9 Å². The lowest BCUT2D eigenvalue weighted by molar-refractivity contribution is -0.139. The van der Waals surface area contributed by atoms with Crippen molar-refractivity contribution in [3.8, 4) is 5.75 Å². The van der Waals surface area contributed by atoms with Crippen LogP contribution in [0.2, 0.25) is 0 Å². The van der Waals surface area contributed by atoms with E-state index in [1.165, 1.54) is 0 Å². The molecule has 2 aliphatic rings. The summed E-state index contributed by atoms with van der Waals surface area (Å²) in [5, 5.41) is 0. The largest absolute Gasteiger partial charge is 0.496 e. The van der Waals surface area contributed by atoms with Crippen LogP contribution in [0.5, 0.6) is 5.75 Å². The van der Waals surface area contributed by atoms with Gasteiger partial charge in [-0.3, -0.25) is 4.79 Å². The highest BCUT2D eigenvalue weighted by molar-refractivity contribution is 6.04. The first-order valence-corrected chi connectivity index (χ1v) is 10.3. The number of para-hydroxylation sites is 1. The Labute approximate surface area is 181 Å². The number of hydrogen-bond acceptors (Lipinski definition) is 6. The number of nitrogens with two attached hydrogens (primary N) is 1. The Balaban J connectivity index is 1.84. The van der Waals surface area contributed by atoms with Crippen molar-refractivity contribution in [2.24, 2.45) is 5.73 Å². The molecule has 1 aliphatic carbocycles. The zero-order valence-corrected chi connectivity index (χ0v) is 17.6. The Morgan fingerprint density at radius 1 is 1.10 bits per heavy atom. The minimum atomic E-state index is -0.705. The molecule has 6 nitrogen and oxygen atoms in total. The summed E-state index contributed by atoms with van der Waals surface area (Å²) in [6, 6.07) is 17.2. The third kappa shape index (κ3) is 3.81. The standard InChI is InChI=1S/C25H25NO5/c1-3-30-25(28)23-21(17-11-7-8-12-19(17)29-2)22-18(27)13-16(14-20(22)31-24(23)26)15-9-5-4-6-10-15/h4-12,16,21H,3,13-14,26H2,1-2H3/t16-,21-/m1/s1. The van der Waals surface area contributed by atoms with E-state index in [4.69, 9.17) is 19.9 Å². The highest BCUT2D eigenvalue weighted by Crippen LogP contribution is 2.48. The summed E-state index contributed by atoms with van der Waals surface area (Å²) in [7, 11) is 1.55. The van der Waals surface area contributed by atoms with Gasteiger partial charge in [-0.25, -0.2) is 4.79 Å². The Morgan fingerprint density at radius 2 is 1.81 bits per heavy atom. The summed E-state index contributed by atoms with van der Waals surface area (Å²) in [5.41, 5.74) is 8.57. The fourth-order valence-electron chi connectivity index (χ4n) is 4.39. The molecule has 0 saturated carbocycles. The normalized spacial score (nSPS) is 20.8. The topological polar surface area (TPSA) is 87.9 Å². The fraction of sp³-hybridized carbons (Fsp3) is 0.280. The average Bonchev–Trinajstić information content (AvgIpc) is 2.78. The minimum absolute atomic E-state index is 0.0114. The molecule has 0 saturated heterocycles. The van der Waals surface area contributed by atoms with E-state index in [0.29, 0.717) is 35.5 Å². The van der Waals surface area contributed by atoms with Crippen molar-refractivity contribution in [3.63, 3.8) is 0 Å². The van der Waals surface area contributed by atoms with Crippen LogP contribution in [-0.2, 0) is 19.1 Å². The van der Waals surface area contributed by atoms with Crippen molar-refractivity contribution in [3.05, 3.63) is 88.5 Å². The Morgan fingerprint density at radius 3 is 2.52 bits per heavy atom. The van der Waals surface area contributed by atoms with Crippen molar-refractivity contribution >= 4 is 11.8 Å². The number of carbonyl (C=O) groups excluding carboxylic acids is 2. The molecule has 2 N–H and O–H groups in total. The molecule has 160 valence electrons. The third-order valence-corrected chi connectivity index (χ3v) is 5.76. The van der Waals surface area contributed by atoms with Gasteiger partial charge in [-0.05, 0) is 24.5 Å². The van der Waals surface area contributed by atoms with Crippen molar-refractivity contribution in [2.75, 3.05) is 13.7 Å². The Bertz CT molecular complexity index is 1070. The van der Waals surface area contributed by atoms with Crippen LogP contribution in [-0.4, -0.2) is 25.5 Å². The predicted octanol–water partition coefficient (Wildman–Crippen LogP) is 3.94. The fourth-order valence-corrected chi connectivity index (χ4v) is 4.39. The first kappa shape index (κ1) is 20.7. The van der Waals surface area contributed by atoms with E-state index in [9.17, 15) is 9.59 Å². The molecular formula is C25H25NO5. The van der Waals surface area contributed by atoms with Gasteiger partial charge in [-0.15, -0.1) is 0 Å². The van der Waals surface area contributed by atoms with Crippen LogP contribution in [0.1, 0.15) is 42.7 Å². The molecule has 0 unspecified atom stereocenters. The van der Waals surface area contributed by atoms with Gasteiger partial charge in [-0.1, -0.05) is 48.5 Å². The molecule has 0 fully saturated rings. The summed E-state index contributed by atoms with van der Waals surface area (Å²) < 4.78 is 16.7. The molecule has 0 aromatic heterocycles. The van der Waals surface area contributed by atoms with Crippen molar-refractivity contribution < 1.29 is 23.8 Å². The molecule has 6 heteroatoms. The second-order valence-corrected chi connectivity index (χ2v) is 7.55. The van der Waals surface area contributed by atoms with E-state index >= 15 is 0 Å². The number of Topliss-reactive ketones (excluding diaryl/α,β-unsaturated/α-hetero) is 1. The molecule has 4 rings (SSSR count). The number of hydrogen-bond donors (Lipinski definition) is 1. The maximum Gasteiger partial charge on any atom is 0.340 e. The number of benzene rings is 2. The highest BCUT2D eigenvalue weighted by Gasteiger charge is 2.44. The smallest absolute Gasteiger partial charge is 0.340 e. The maximum atomic E-state index is 13.4. The first-order valence-electron chi connectivity index (χ1n) is 10.3. The average molecular weight is 419 g/mol. The van der Waals surface area contributed by atoms with Crippen molar-refractivity contribution in [1.29, 1.82) is 0 Å². The molecule has 2 aromatic carbocycles. The number of ketones is 1. The van der Waals surface area contributed by atoms with Crippen LogP contribution in [0.4, 0.5) is 0 Å². The van der Waals surface area contributed by atoms with Crippen LogP contribution < -0.4 is 10.5 Å². The van der Waals surface area contributed by atoms with Gasteiger partial charge >= 0.3 is 5.97 Å². The summed E-state index contributed by atoms with van der Waals surface area (Å²) >= 11 is 0.